The topological polar surface area (TPSA) is 30.5 Å². The van der Waals surface area contributed by atoms with Gasteiger partial charge in [-0.25, -0.2) is 0 Å². The minimum atomic E-state index is -4.67. The molecule has 6 heteroatoms. The maximum absolute atomic E-state index is 12.0. The highest BCUT2D eigenvalue weighted by molar-refractivity contribution is 5.31. The molecule has 114 valence electrons. The summed E-state index contributed by atoms with van der Waals surface area (Å²) in [6, 6.07) is 5.36. The molecule has 0 aliphatic carbocycles. The zero-order chi connectivity index (χ0) is 15.4. The highest BCUT2D eigenvalue weighted by atomic mass is 19.4. The molecule has 0 bridgehead atoms. The quantitative estimate of drug-likeness (QED) is 0.896. The monoisotopic (exact) mass is 291 g/mol. The van der Waals surface area contributed by atoms with Gasteiger partial charge >= 0.3 is 6.36 Å². The van der Waals surface area contributed by atoms with Crippen molar-refractivity contribution in [1.29, 1.82) is 0 Å². The van der Waals surface area contributed by atoms with Gasteiger partial charge in [0.15, 0.2) is 0 Å². The molecule has 0 aromatic heterocycles. The van der Waals surface area contributed by atoms with Gasteiger partial charge in [-0.2, -0.15) is 0 Å². The van der Waals surface area contributed by atoms with Crippen LogP contribution in [0.25, 0.3) is 0 Å². The number of ether oxygens (including phenoxy) is 2. The lowest BCUT2D eigenvalue weighted by Gasteiger charge is -2.24. The molecule has 0 saturated heterocycles. The molecule has 0 fully saturated rings. The fraction of sp³-hybridized carbons (Fsp3) is 0.571. The Hall–Kier alpha value is -1.43. The third kappa shape index (κ3) is 7.23. The van der Waals surface area contributed by atoms with E-state index in [0.717, 1.165) is 0 Å². The third-order valence-electron chi connectivity index (χ3n) is 2.31. The van der Waals surface area contributed by atoms with E-state index in [1.54, 1.807) is 0 Å². The predicted octanol–water partition coefficient (Wildman–Crippen LogP) is 3.74. The van der Waals surface area contributed by atoms with E-state index in [-0.39, 0.29) is 17.4 Å². The van der Waals surface area contributed by atoms with Crippen LogP contribution in [0.4, 0.5) is 13.2 Å². The maximum Gasteiger partial charge on any atom is 0.573 e. The molecule has 20 heavy (non-hydrogen) atoms. The number of halogens is 3. The summed E-state index contributed by atoms with van der Waals surface area (Å²) in [6.07, 6.45) is -4.77. The van der Waals surface area contributed by atoms with Crippen LogP contribution in [0.2, 0.25) is 0 Å². The zero-order valence-corrected chi connectivity index (χ0v) is 12.0. The SMILES string of the molecule is CC(CNC(C)(C)C)Oc1ccc(OC(F)(F)F)cc1. The van der Waals surface area contributed by atoms with Crippen molar-refractivity contribution in [2.75, 3.05) is 6.54 Å². The Morgan fingerprint density at radius 3 is 2.00 bits per heavy atom. The van der Waals surface area contributed by atoms with Crippen LogP contribution in [-0.4, -0.2) is 24.6 Å². The molecular weight excluding hydrogens is 271 g/mol. The lowest BCUT2D eigenvalue weighted by atomic mass is 10.1. The number of rotatable bonds is 5. The van der Waals surface area contributed by atoms with Crippen LogP contribution in [0.15, 0.2) is 24.3 Å². The molecule has 1 rings (SSSR count). The average molecular weight is 291 g/mol. The number of alkyl halides is 3. The van der Waals surface area contributed by atoms with Crippen LogP contribution in [0.1, 0.15) is 27.7 Å². The molecule has 1 N–H and O–H groups in total. The molecule has 1 aromatic carbocycles. The molecule has 0 heterocycles. The standard InChI is InChI=1S/C14H20F3NO2/c1-10(9-18-13(2,3)4)19-11-5-7-12(8-6-11)20-14(15,16)17/h5-8,10,18H,9H2,1-4H3. The summed E-state index contributed by atoms with van der Waals surface area (Å²) in [5.41, 5.74) is -0.0119. The van der Waals surface area contributed by atoms with Crippen molar-refractivity contribution in [3.05, 3.63) is 24.3 Å². The largest absolute Gasteiger partial charge is 0.573 e. The first kappa shape index (κ1) is 16.6. The summed E-state index contributed by atoms with van der Waals surface area (Å²) in [5, 5.41) is 3.29. The Labute approximate surface area is 117 Å². The number of hydrogen-bond donors (Lipinski definition) is 1. The Bertz CT molecular complexity index is 410. The smallest absolute Gasteiger partial charge is 0.489 e. The summed E-state index contributed by atoms with van der Waals surface area (Å²) in [5.74, 6) is 0.244. The molecule has 0 radical (unpaired) electrons. The first-order valence-corrected chi connectivity index (χ1v) is 6.33. The second-order valence-electron chi connectivity index (χ2n) is 5.58. The van der Waals surface area contributed by atoms with E-state index in [0.29, 0.717) is 12.3 Å². The van der Waals surface area contributed by atoms with Crippen LogP contribution >= 0.6 is 0 Å². The van der Waals surface area contributed by atoms with Crippen molar-refractivity contribution in [3.63, 3.8) is 0 Å². The minimum Gasteiger partial charge on any atom is -0.489 e. The second-order valence-corrected chi connectivity index (χ2v) is 5.58. The van der Waals surface area contributed by atoms with Crippen LogP contribution < -0.4 is 14.8 Å². The maximum atomic E-state index is 12.0. The fourth-order valence-corrected chi connectivity index (χ4v) is 1.44. The van der Waals surface area contributed by atoms with Gasteiger partial charge < -0.3 is 14.8 Å². The molecule has 0 aliphatic heterocycles. The predicted molar refractivity (Wildman–Crippen MR) is 71.0 cm³/mol. The van der Waals surface area contributed by atoms with Gasteiger partial charge in [0.1, 0.15) is 17.6 Å². The van der Waals surface area contributed by atoms with Gasteiger partial charge in [-0.1, -0.05) is 0 Å². The van der Waals surface area contributed by atoms with Crippen molar-refractivity contribution < 1.29 is 22.6 Å². The molecule has 0 aliphatic rings. The molecule has 0 amide bonds. The Morgan fingerprint density at radius 1 is 1.05 bits per heavy atom. The van der Waals surface area contributed by atoms with Gasteiger partial charge in [0.25, 0.3) is 0 Å². The molecule has 0 spiro atoms. The molecule has 3 nitrogen and oxygen atoms in total. The number of nitrogens with one attached hydrogen (secondary N) is 1. The highest BCUT2D eigenvalue weighted by Gasteiger charge is 2.30. The van der Waals surface area contributed by atoms with E-state index in [1.807, 2.05) is 27.7 Å². The lowest BCUT2D eigenvalue weighted by Crippen LogP contribution is -2.41. The first-order chi connectivity index (χ1) is 9.05. The van der Waals surface area contributed by atoms with E-state index in [9.17, 15) is 13.2 Å². The van der Waals surface area contributed by atoms with E-state index >= 15 is 0 Å². The number of hydrogen-bond acceptors (Lipinski definition) is 3. The summed E-state index contributed by atoms with van der Waals surface area (Å²) in [6.45, 7) is 8.66. The van der Waals surface area contributed by atoms with E-state index < -0.39 is 6.36 Å². The average Bonchev–Trinajstić information content (AvgIpc) is 2.26. The lowest BCUT2D eigenvalue weighted by molar-refractivity contribution is -0.274. The second kappa shape index (κ2) is 6.35. The Morgan fingerprint density at radius 2 is 1.55 bits per heavy atom. The van der Waals surface area contributed by atoms with Crippen molar-refractivity contribution in [2.45, 2.75) is 45.7 Å². The zero-order valence-electron chi connectivity index (χ0n) is 12.0. The van der Waals surface area contributed by atoms with Crippen LogP contribution in [0.3, 0.4) is 0 Å². The van der Waals surface area contributed by atoms with Gasteiger partial charge in [0.05, 0.1) is 0 Å². The van der Waals surface area contributed by atoms with E-state index in [4.69, 9.17) is 4.74 Å². The van der Waals surface area contributed by atoms with Gasteiger partial charge in [-0.05, 0) is 52.0 Å². The minimum absolute atomic E-state index is 0.0119. The van der Waals surface area contributed by atoms with Crippen LogP contribution in [-0.2, 0) is 0 Å². The molecule has 1 aromatic rings. The summed E-state index contributed by atoms with van der Waals surface area (Å²) >= 11 is 0. The van der Waals surface area contributed by atoms with Crippen molar-refractivity contribution in [1.82, 2.24) is 5.32 Å². The van der Waals surface area contributed by atoms with Gasteiger partial charge in [0.2, 0.25) is 0 Å². The third-order valence-corrected chi connectivity index (χ3v) is 2.31. The van der Waals surface area contributed by atoms with Crippen molar-refractivity contribution >= 4 is 0 Å². The molecule has 1 atom stereocenters. The van der Waals surface area contributed by atoms with Crippen LogP contribution in [0.5, 0.6) is 11.5 Å². The van der Waals surface area contributed by atoms with E-state index in [1.165, 1.54) is 24.3 Å². The van der Waals surface area contributed by atoms with Gasteiger partial charge in [-0.15, -0.1) is 13.2 Å². The normalized spacial score (nSPS) is 13.9. The highest BCUT2D eigenvalue weighted by Crippen LogP contribution is 2.25. The molecule has 0 saturated carbocycles. The van der Waals surface area contributed by atoms with E-state index in [2.05, 4.69) is 10.1 Å². The van der Waals surface area contributed by atoms with Gasteiger partial charge in [-0.3, -0.25) is 0 Å². The molecule has 1 unspecified atom stereocenters. The Balaban J connectivity index is 2.49. The van der Waals surface area contributed by atoms with Crippen molar-refractivity contribution in [2.24, 2.45) is 0 Å². The number of benzene rings is 1. The summed E-state index contributed by atoms with van der Waals surface area (Å²) < 4.78 is 45.4. The van der Waals surface area contributed by atoms with Gasteiger partial charge in [0, 0.05) is 12.1 Å². The summed E-state index contributed by atoms with van der Waals surface area (Å²) in [4.78, 5) is 0. The van der Waals surface area contributed by atoms with Crippen molar-refractivity contribution in [3.8, 4) is 11.5 Å². The Kier molecular flexibility index (Phi) is 5.28. The molecular formula is C14H20F3NO2. The van der Waals surface area contributed by atoms with Crippen LogP contribution in [0, 0.1) is 0 Å². The fourth-order valence-electron chi connectivity index (χ4n) is 1.44. The summed E-state index contributed by atoms with van der Waals surface area (Å²) in [7, 11) is 0. The first-order valence-electron chi connectivity index (χ1n) is 6.33.